The maximum atomic E-state index is 13.1. The Kier molecular flexibility index (Phi) is 4.92. The molecule has 0 spiro atoms. The molecule has 1 rings (SSSR count). The highest BCUT2D eigenvalue weighted by Gasteiger charge is 2.63. The first-order valence-electron chi connectivity index (χ1n) is 6.79. The van der Waals surface area contributed by atoms with E-state index in [1.54, 1.807) is 0 Å². The molecule has 0 aromatic carbocycles. The lowest BCUT2D eigenvalue weighted by atomic mass is 10.0. The topological polar surface area (TPSA) is 62.1 Å². The summed E-state index contributed by atoms with van der Waals surface area (Å²) in [5.41, 5.74) is -4.17. The van der Waals surface area contributed by atoms with Crippen molar-refractivity contribution in [1.82, 2.24) is 5.01 Å². The molecule has 21 heavy (non-hydrogen) atoms. The smallest absolute Gasteiger partial charge is 0.439 e. The maximum absolute atomic E-state index is 13.1. The van der Waals surface area contributed by atoms with Crippen LogP contribution in [0.4, 0.5) is 18.0 Å². The molecule has 0 saturated carbocycles. The number of hydrogen-bond acceptors (Lipinski definition) is 4. The van der Waals surface area contributed by atoms with Gasteiger partial charge in [-0.25, -0.2) is 4.79 Å². The molecule has 0 saturated heterocycles. The van der Waals surface area contributed by atoms with E-state index in [-0.39, 0.29) is 10.7 Å². The van der Waals surface area contributed by atoms with Crippen LogP contribution in [0.2, 0.25) is 0 Å². The summed E-state index contributed by atoms with van der Waals surface area (Å²) >= 11 is 0. The lowest BCUT2D eigenvalue weighted by Gasteiger charge is -2.33. The van der Waals surface area contributed by atoms with E-state index < -0.39 is 30.0 Å². The third kappa shape index (κ3) is 4.09. The van der Waals surface area contributed by atoms with Crippen molar-refractivity contribution in [3.05, 3.63) is 0 Å². The molecular weight excluding hydrogens is 289 g/mol. The molecule has 1 aliphatic rings. The second kappa shape index (κ2) is 5.82. The van der Waals surface area contributed by atoms with Crippen molar-refractivity contribution < 1.29 is 27.8 Å². The SMILES string of the molecule is CCCCC1=NN(C(=O)OC(C)(C)C)C(O)(C(F)(F)F)C1. The zero-order chi connectivity index (χ0) is 16.5. The van der Waals surface area contributed by atoms with Crippen LogP contribution in [0.15, 0.2) is 5.10 Å². The van der Waals surface area contributed by atoms with Crippen molar-refractivity contribution >= 4 is 11.8 Å². The van der Waals surface area contributed by atoms with Crippen molar-refractivity contribution in [3.8, 4) is 0 Å². The van der Waals surface area contributed by atoms with E-state index in [0.717, 1.165) is 6.42 Å². The van der Waals surface area contributed by atoms with Gasteiger partial charge in [-0.15, -0.1) is 0 Å². The quantitative estimate of drug-likeness (QED) is 0.868. The summed E-state index contributed by atoms with van der Waals surface area (Å²) in [4.78, 5) is 11.9. The maximum Gasteiger partial charge on any atom is 0.439 e. The van der Waals surface area contributed by atoms with Gasteiger partial charge in [0.15, 0.2) is 0 Å². The van der Waals surface area contributed by atoms with E-state index in [0.29, 0.717) is 12.8 Å². The van der Waals surface area contributed by atoms with Crippen molar-refractivity contribution in [2.75, 3.05) is 0 Å². The number of carbonyl (C=O) groups is 1. The fourth-order valence-corrected chi connectivity index (χ4v) is 1.86. The number of halogens is 3. The predicted molar refractivity (Wildman–Crippen MR) is 70.7 cm³/mol. The Morgan fingerprint density at radius 1 is 1.43 bits per heavy atom. The number of hydrogen-bond donors (Lipinski definition) is 1. The van der Waals surface area contributed by atoms with Gasteiger partial charge in [0.25, 0.3) is 5.72 Å². The number of aliphatic hydroxyl groups is 1. The first-order chi connectivity index (χ1) is 9.40. The van der Waals surface area contributed by atoms with Gasteiger partial charge in [0.05, 0.1) is 0 Å². The van der Waals surface area contributed by atoms with E-state index in [9.17, 15) is 23.1 Å². The fourth-order valence-electron chi connectivity index (χ4n) is 1.86. The van der Waals surface area contributed by atoms with Crippen LogP contribution >= 0.6 is 0 Å². The van der Waals surface area contributed by atoms with Gasteiger partial charge in [-0.2, -0.15) is 23.3 Å². The lowest BCUT2D eigenvalue weighted by Crippen LogP contribution is -2.57. The molecule has 0 radical (unpaired) electrons. The Hall–Kier alpha value is -1.31. The van der Waals surface area contributed by atoms with Crippen LogP contribution < -0.4 is 0 Å². The molecular formula is C13H21F3N2O3. The van der Waals surface area contributed by atoms with Gasteiger partial charge in [-0.1, -0.05) is 13.3 Å². The highest BCUT2D eigenvalue weighted by Crippen LogP contribution is 2.41. The average molecular weight is 310 g/mol. The second-order valence-corrected chi connectivity index (χ2v) is 6.05. The summed E-state index contributed by atoms with van der Waals surface area (Å²) in [6, 6.07) is 0. The van der Waals surface area contributed by atoms with Crippen molar-refractivity contribution in [3.63, 3.8) is 0 Å². The normalized spacial score (nSPS) is 23.2. The predicted octanol–water partition coefficient (Wildman–Crippen LogP) is 3.42. The first-order valence-corrected chi connectivity index (χ1v) is 6.79. The minimum Gasteiger partial charge on any atom is -0.442 e. The minimum atomic E-state index is -5.01. The summed E-state index contributed by atoms with van der Waals surface area (Å²) in [7, 11) is 0. The number of alkyl halides is 3. The second-order valence-electron chi connectivity index (χ2n) is 6.05. The van der Waals surface area contributed by atoms with Gasteiger partial charge in [-0.3, -0.25) is 0 Å². The number of carbonyl (C=O) groups excluding carboxylic acids is 1. The van der Waals surface area contributed by atoms with Crippen LogP contribution in [-0.2, 0) is 4.74 Å². The number of unbranched alkanes of at least 4 members (excludes halogenated alkanes) is 1. The van der Waals surface area contributed by atoms with E-state index in [1.807, 2.05) is 6.92 Å². The zero-order valence-corrected chi connectivity index (χ0v) is 12.6. The highest BCUT2D eigenvalue weighted by molar-refractivity contribution is 5.89. The number of nitrogens with zero attached hydrogens (tertiary/aromatic N) is 2. The van der Waals surface area contributed by atoms with Crippen LogP contribution in [0.25, 0.3) is 0 Å². The largest absolute Gasteiger partial charge is 0.442 e. The molecule has 1 N–H and O–H groups in total. The molecule has 1 amide bonds. The molecule has 0 bridgehead atoms. The van der Waals surface area contributed by atoms with Crippen LogP contribution in [0.1, 0.15) is 53.4 Å². The van der Waals surface area contributed by atoms with Crippen molar-refractivity contribution in [1.29, 1.82) is 0 Å². The summed E-state index contributed by atoms with van der Waals surface area (Å²) < 4.78 is 44.2. The molecule has 0 aromatic rings. The fraction of sp³-hybridized carbons (Fsp3) is 0.846. The third-order valence-corrected chi connectivity index (χ3v) is 2.88. The molecule has 1 heterocycles. The number of ether oxygens (including phenoxy) is 1. The summed E-state index contributed by atoms with van der Waals surface area (Å²) in [5, 5.41) is 13.6. The molecule has 0 fully saturated rings. The molecule has 1 unspecified atom stereocenters. The zero-order valence-electron chi connectivity index (χ0n) is 12.6. The van der Waals surface area contributed by atoms with Gasteiger partial charge < -0.3 is 9.84 Å². The van der Waals surface area contributed by atoms with Crippen LogP contribution in [0.5, 0.6) is 0 Å². The van der Waals surface area contributed by atoms with Gasteiger partial charge in [0, 0.05) is 12.1 Å². The van der Waals surface area contributed by atoms with E-state index in [4.69, 9.17) is 4.74 Å². The van der Waals surface area contributed by atoms with E-state index in [1.165, 1.54) is 20.8 Å². The highest BCUT2D eigenvalue weighted by atomic mass is 19.4. The summed E-state index contributed by atoms with van der Waals surface area (Å²) in [6.45, 7) is 6.46. The van der Waals surface area contributed by atoms with E-state index in [2.05, 4.69) is 5.10 Å². The monoisotopic (exact) mass is 310 g/mol. The Balaban J connectivity index is 3.02. The Labute approximate surface area is 121 Å². The average Bonchev–Trinajstić information content (AvgIpc) is 2.62. The van der Waals surface area contributed by atoms with E-state index >= 15 is 0 Å². The minimum absolute atomic E-state index is 0.0171. The number of hydrazone groups is 1. The number of amides is 1. The van der Waals surface area contributed by atoms with Gasteiger partial charge in [-0.05, 0) is 33.6 Å². The molecule has 8 heteroatoms. The van der Waals surface area contributed by atoms with Gasteiger partial charge in [0.1, 0.15) is 5.60 Å². The Morgan fingerprint density at radius 2 is 2.00 bits per heavy atom. The lowest BCUT2D eigenvalue weighted by molar-refractivity contribution is -0.300. The molecule has 122 valence electrons. The molecule has 1 aliphatic heterocycles. The summed E-state index contributed by atoms with van der Waals surface area (Å²) in [5.74, 6) is 0. The molecule has 1 atom stereocenters. The molecule has 0 aliphatic carbocycles. The van der Waals surface area contributed by atoms with Crippen molar-refractivity contribution in [2.24, 2.45) is 5.10 Å². The Morgan fingerprint density at radius 3 is 2.43 bits per heavy atom. The molecule has 5 nitrogen and oxygen atoms in total. The first kappa shape index (κ1) is 17.7. The van der Waals surface area contributed by atoms with Crippen molar-refractivity contribution in [2.45, 2.75) is 70.9 Å². The van der Waals surface area contributed by atoms with Gasteiger partial charge >= 0.3 is 12.3 Å². The summed E-state index contributed by atoms with van der Waals surface area (Å²) in [6.07, 6.45) is -5.36. The third-order valence-electron chi connectivity index (χ3n) is 2.88. The van der Waals surface area contributed by atoms with Gasteiger partial charge in [0.2, 0.25) is 0 Å². The van der Waals surface area contributed by atoms with Crippen LogP contribution in [0.3, 0.4) is 0 Å². The molecule has 0 aromatic heterocycles. The van der Waals surface area contributed by atoms with Crippen LogP contribution in [-0.4, -0.2) is 39.4 Å². The number of rotatable bonds is 3. The van der Waals surface area contributed by atoms with Crippen LogP contribution in [0, 0.1) is 0 Å². The Bertz CT molecular complexity index is 429. The standard InChI is InChI=1S/C13H21F3N2O3/c1-5-6-7-9-8-12(20,13(14,15)16)18(17-9)10(19)21-11(2,3)4/h20H,5-8H2,1-4H3.